The summed E-state index contributed by atoms with van der Waals surface area (Å²) in [5, 5.41) is 0.237. The lowest BCUT2D eigenvalue weighted by molar-refractivity contribution is 0.518. The van der Waals surface area contributed by atoms with Gasteiger partial charge in [0.2, 0.25) is 0 Å². The molecule has 2 aromatic carbocycles. The standard InChI is InChI=1S/C19H18OS/c1-15-9-11-17(12-10-15)19(18-8-5-13-20-18)21-14-16-6-3-2-4-7-16/h2-13,19H,14H2,1H3. The molecular formula is C19H18OS. The van der Waals surface area contributed by atoms with Gasteiger partial charge in [-0.05, 0) is 30.2 Å². The van der Waals surface area contributed by atoms with Crippen molar-refractivity contribution in [3.8, 4) is 0 Å². The number of aryl methyl sites for hydroxylation is 1. The largest absolute Gasteiger partial charge is 0.468 e. The lowest BCUT2D eigenvalue weighted by Crippen LogP contribution is -1.96. The molecular weight excluding hydrogens is 276 g/mol. The van der Waals surface area contributed by atoms with Crippen molar-refractivity contribution in [2.45, 2.75) is 17.9 Å². The molecule has 0 bridgehead atoms. The monoisotopic (exact) mass is 294 g/mol. The summed E-state index contributed by atoms with van der Waals surface area (Å²) in [5.41, 5.74) is 3.91. The van der Waals surface area contributed by atoms with E-state index < -0.39 is 0 Å². The van der Waals surface area contributed by atoms with Crippen LogP contribution in [0.5, 0.6) is 0 Å². The highest BCUT2D eigenvalue weighted by molar-refractivity contribution is 7.98. The third-order valence-corrected chi connectivity index (χ3v) is 4.78. The lowest BCUT2D eigenvalue weighted by Gasteiger charge is -2.15. The smallest absolute Gasteiger partial charge is 0.121 e. The number of hydrogen-bond donors (Lipinski definition) is 0. The van der Waals surface area contributed by atoms with Gasteiger partial charge in [0.15, 0.2) is 0 Å². The van der Waals surface area contributed by atoms with E-state index in [1.807, 2.05) is 17.8 Å². The molecule has 0 aliphatic heterocycles. The second-order valence-electron chi connectivity index (χ2n) is 5.10. The first-order valence-electron chi connectivity index (χ1n) is 7.08. The van der Waals surface area contributed by atoms with Crippen molar-refractivity contribution in [2.24, 2.45) is 0 Å². The van der Waals surface area contributed by atoms with Gasteiger partial charge >= 0.3 is 0 Å². The topological polar surface area (TPSA) is 13.1 Å². The highest BCUT2D eigenvalue weighted by Crippen LogP contribution is 2.37. The summed E-state index contributed by atoms with van der Waals surface area (Å²) in [6.45, 7) is 2.11. The Morgan fingerprint density at radius 3 is 2.33 bits per heavy atom. The Labute approximate surface area is 130 Å². The van der Waals surface area contributed by atoms with Crippen LogP contribution in [0.15, 0.2) is 77.4 Å². The molecule has 2 heteroatoms. The average Bonchev–Trinajstić information content (AvgIpc) is 3.04. The summed E-state index contributed by atoms with van der Waals surface area (Å²) in [6.07, 6.45) is 1.75. The molecule has 1 nitrogen and oxygen atoms in total. The molecule has 0 N–H and O–H groups in total. The summed E-state index contributed by atoms with van der Waals surface area (Å²) in [6, 6.07) is 23.3. The van der Waals surface area contributed by atoms with Crippen molar-refractivity contribution in [1.82, 2.24) is 0 Å². The van der Waals surface area contributed by atoms with Crippen LogP contribution in [-0.2, 0) is 5.75 Å². The third kappa shape index (κ3) is 3.59. The van der Waals surface area contributed by atoms with Crippen LogP contribution in [0.1, 0.15) is 27.7 Å². The number of thioether (sulfide) groups is 1. The first-order chi connectivity index (χ1) is 10.3. The molecule has 0 radical (unpaired) electrons. The number of furan rings is 1. The highest BCUT2D eigenvalue weighted by Gasteiger charge is 2.17. The maximum absolute atomic E-state index is 5.65. The van der Waals surface area contributed by atoms with E-state index in [4.69, 9.17) is 4.42 Å². The van der Waals surface area contributed by atoms with E-state index in [1.54, 1.807) is 6.26 Å². The Balaban J connectivity index is 1.81. The fourth-order valence-corrected chi connectivity index (χ4v) is 3.48. The van der Waals surface area contributed by atoms with Gasteiger partial charge in [-0.1, -0.05) is 60.2 Å². The van der Waals surface area contributed by atoms with E-state index in [-0.39, 0.29) is 5.25 Å². The van der Waals surface area contributed by atoms with Crippen LogP contribution < -0.4 is 0 Å². The zero-order valence-corrected chi connectivity index (χ0v) is 12.8. The second-order valence-corrected chi connectivity index (χ2v) is 6.20. The Morgan fingerprint density at radius 2 is 1.67 bits per heavy atom. The molecule has 3 rings (SSSR count). The van der Waals surface area contributed by atoms with Crippen molar-refractivity contribution >= 4 is 11.8 Å². The summed E-state index contributed by atoms with van der Waals surface area (Å²) in [5.74, 6) is 1.99. The molecule has 0 aliphatic rings. The van der Waals surface area contributed by atoms with Crippen molar-refractivity contribution < 1.29 is 4.42 Å². The Bertz CT molecular complexity index is 657. The fourth-order valence-electron chi connectivity index (χ4n) is 2.28. The zero-order chi connectivity index (χ0) is 14.5. The van der Waals surface area contributed by atoms with E-state index in [9.17, 15) is 0 Å². The van der Waals surface area contributed by atoms with Crippen LogP contribution in [0.4, 0.5) is 0 Å². The second kappa shape index (κ2) is 6.68. The SMILES string of the molecule is Cc1ccc(C(SCc2ccccc2)c2ccco2)cc1. The minimum absolute atomic E-state index is 0.237. The van der Waals surface area contributed by atoms with Crippen LogP contribution in [-0.4, -0.2) is 0 Å². The van der Waals surface area contributed by atoms with E-state index >= 15 is 0 Å². The number of benzene rings is 2. The van der Waals surface area contributed by atoms with Crippen LogP contribution >= 0.6 is 11.8 Å². The van der Waals surface area contributed by atoms with Gasteiger partial charge in [-0.3, -0.25) is 0 Å². The van der Waals surface area contributed by atoms with Gasteiger partial charge in [0.05, 0.1) is 11.5 Å². The predicted molar refractivity (Wildman–Crippen MR) is 89.5 cm³/mol. The molecule has 1 heterocycles. The lowest BCUT2D eigenvalue weighted by atomic mass is 10.1. The average molecular weight is 294 g/mol. The van der Waals surface area contributed by atoms with Gasteiger partial charge in [0, 0.05) is 5.75 Å². The zero-order valence-electron chi connectivity index (χ0n) is 12.0. The Hall–Kier alpha value is -1.93. The minimum atomic E-state index is 0.237. The quantitative estimate of drug-likeness (QED) is 0.606. The predicted octanol–water partition coefficient (Wildman–Crippen LogP) is 5.61. The molecule has 3 aromatic rings. The van der Waals surface area contributed by atoms with Gasteiger partial charge in [-0.2, -0.15) is 0 Å². The van der Waals surface area contributed by atoms with E-state index in [0.717, 1.165) is 11.5 Å². The van der Waals surface area contributed by atoms with E-state index in [1.165, 1.54) is 16.7 Å². The first kappa shape index (κ1) is 14.0. The molecule has 1 aromatic heterocycles. The van der Waals surface area contributed by atoms with Crippen molar-refractivity contribution in [3.63, 3.8) is 0 Å². The molecule has 0 aliphatic carbocycles. The summed E-state index contributed by atoms with van der Waals surface area (Å²) in [4.78, 5) is 0. The fraction of sp³-hybridized carbons (Fsp3) is 0.158. The normalized spacial score (nSPS) is 12.2. The molecule has 0 spiro atoms. The van der Waals surface area contributed by atoms with Crippen LogP contribution in [0.3, 0.4) is 0 Å². The van der Waals surface area contributed by atoms with Crippen LogP contribution in [0.25, 0.3) is 0 Å². The van der Waals surface area contributed by atoms with E-state index in [0.29, 0.717) is 0 Å². The van der Waals surface area contributed by atoms with Crippen LogP contribution in [0.2, 0.25) is 0 Å². The minimum Gasteiger partial charge on any atom is -0.468 e. The molecule has 0 saturated heterocycles. The Kier molecular flexibility index (Phi) is 4.46. The summed E-state index contributed by atoms with van der Waals surface area (Å²) >= 11 is 1.90. The Morgan fingerprint density at radius 1 is 0.905 bits per heavy atom. The molecule has 1 atom stereocenters. The summed E-state index contributed by atoms with van der Waals surface area (Å²) < 4.78 is 5.65. The van der Waals surface area contributed by atoms with Crippen molar-refractivity contribution in [3.05, 3.63) is 95.4 Å². The van der Waals surface area contributed by atoms with Crippen LogP contribution in [0, 0.1) is 6.92 Å². The van der Waals surface area contributed by atoms with Crippen molar-refractivity contribution in [1.29, 1.82) is 0 Å². The van der Waals surface area contributed by atoms with Gasteiger partial charge in [-0.25, -0.2) is 0 Å². The molecule has 0 amide bonds. The van der Waals surface area contributed by atoms with Gasteiger partial charge in [0.25, 0.3) is 0 Å². The number of hydrogen-bond acceptors (Lipinski definition) is 2. The van der Waals surface area contributed by atoms with E-state index in [2.05, 4.69) is 67.6 Å². The first-order valence-corrected chi connectivity index (χ1v) is 8.13. The van der Waals surface area contributed by atoms with Gasteiger partial charge in [0.1, 0.15) is 5.76 Å². The maximum atomic E-state index is 5.65. The molecule has 21 heavy (non-hydrogen) atoms. The molecule has 106 valence electrons. The third-order valence-electron chi connectivity index (χ3n) is 3.44. The maximum Gasteiger partial charge on any atom is 0.121 e. The van der Waals surface area contributed by atoms with Gasteiger partial charge < -0.3 is 4.42 Å². The van der Waals surface area contributed by atoms with Crippen molar-refractivity contribution in [2.75, 3.05) is 0 Å². The highest BCUT2D eigenvalue weighted by atomic mass is 32.2. The summed E-state index contributed by atoms with van der Waals surface area (Å²) in [7, 11) is 0. The van der Waals surface area contributed by atoms with Gasteiger partial charge in [-0.15, -0.1) is 11.8 Å². The number of rotatable bonds is 5. The molecule has 0 fully saturated rings. The molecule has 0 saturated carbocycles. The molecule has 1 unspecified atom stereocenters.